The van der Waals surface area contributed by atoms with Crippen molar-refractivity contribution < 1.29 is 14.3 Å². The van der Waals surface area contributed by atoms with Crippen LogP contribution in [0.2, 0.25) is 0 Å². The summed E-state index contributed by atoms with van der Waals surface area (Å²) in [6, 6.07) is 0.0204. The van der Waals surface area contributed by atoms with Crippen molar-refractivity contribution in [3.63, 3.8) is 0 Å². The molecular formula is C20H32N4O3. The van der Waals surface area contributed by atoms with Gasteiger partial charge in [0, 0.05) is 36.2 Å². The van der Waals surface area contributed by atoms with Gasteiger partial charge in [-0.15, -0.1) is 0 Å². The Hall–Kier alpha value is -1.89. The molecule has 1 aromatic rings. The summed E-state index contributed by atoms with van der Waals surface area (Å²) in [6.07, 6.45) is 5.05. The van der Waals surface area contributed by atoms with Gasteiger partial charge in [0.1, 0.15) is 0 Å². The van der Waals surface area contributed by atoms with Crippen LogP contribution in [0.3, 0.4) is 0 Å². The first-order valence-corrected chi connectivity index (χ1v) is 10.2. The van der Waals surface area contributed by atoms with E-state index in [-0.39, 0.29) is 35.8 Å². The number of aromatic amines is 1. The number of carbonyl (C=O) groups is 2. The molecule has 0 aliphatic heterocycles. The van der Waals surface area contributed by atoms with Crippen molar-refractivity contribution in [3.8, 4) is 0 Å². The minimum atomic E-state index is -0.0884. The van der Waals surface area contributed by atoms with Gasteiger partial charge in [-0.3, -0.25) is 14.7 Å². The lowest BCUT2D eigenvalue weighted by atomic mass is 9.83. The highest BCUT2D eigenvalue weighted by molar-refractivity contribution is 5.81. The van der Waals surface area contributed by atoms with Gasteiger partial charge in [0.15, 0.2) is 0 Å². The van der Waals surface area contributed by atoms with E-state index in [1.165, 1.54) is 0 Å². The van der Waals surface area contributed by atoms with Crippen molar-refractivity contribution in [3.05, 3.63) is 17.0 Å². The Kier molecular flexibility index (Phi) is 6.52. The Morgan fingerprint density at radius 3 is 2.52 bits per heavy atom. The number of H-pyrrole nitrogens is 1. The average Bonchev–Trinajstić information content (AvgIpc) is 3.46. The van der Waals surface area contributed by atoms with Crippen molar-refractivity contribution in [1.82, 2.24) is 20.8 Å². The number of hydrogen-bond acceptors (Lipinski definition) is 4. The Labute approximate surface area is 161 Å². The molecule has 2 amide bonds. The fourth-order valence-electron chi connectivity index (χ4n) is 3.79. The van der Waals surface area contributed by atoms with E-state index in [1.807, 2.05) is 13.8 Å². The van der Waals surface area contributed by atoms with Crippen molar-refractivity contribution in [2.75, 3.05) is 6.61 Å². The van der Waals surface area contributed by atoms with Gasteiger partial charge in [-0.2, -0.15) is 5.10 Å². The fourth-order valence-corrected chi connectivity index (χ4v) is 3.79. The molecule has 2 fully saturated rings. The number of ether oxygens (including phenoxy) is 1. The topological polar surface area (TPSA) is 96.1 Å². The first-order valence-electron chi connectivity index (χ1n) is 10.2. The minimum absolute atomic E-state index is 0.0204. The zero-order valence-electron chi connectivity index (χ0n) is 16.6. The average molecular weight is 377 g/mol. The van der Waals surface area contributed by atoms with Gasteiger partial charge in [0.05, 0.1) is 17.8 Å². The predicted molar refractivity (Wildman–Crippen MR) is 102 cm³/mol. The number of nitrogens with one attached hydrogen (secondary N) is 3. The molecule has 0 saturated heterocycles. The van der Waals surface area contributed by atoms with Gasteiger partial charge in [0.25, 0.3) is 0 Å². The molecular weight excluding hydrogens is 344 g/mol. The lowest BCUT2D eigenvalue weighted by Crippen LogP contribution is -2.50. The van der Waals surface area contributed by atoms with Crippen LogP contribution in [0, 0.1) is 25.7 Å². The van der Waals surface area contributed by atoms with Gasteiger partial charge in [-0.1, -0.05) is 6.92 Å². The molecule has 0 aromatic carbocycles. The summed E-state index contributed by atoms with van der Waals surface area (Å²) < 4.78 is 6.01. The van der Waals surface area contributed by atoms with Crippen LogP contribution in [0.15, 0.2) is 0 Å². The molecule has 3 N–H and O–H groups in total. The van der Waals surface area contributed by atoms with Crippen molar-refractivity contribution in [1.29, 1.82) is 0 Å². The van der Waals surface area contributed by atoms with E-state index < -0.39 is 0 Å². The predicted octanol–water partition coefficient (Wildman–Crippen LogP) is 2.13. The maximum atomic E-state index is 12.7. The molecule has 2 aliphatic carbocycles. The van der Waals surface area contributed by atoms with E-state index in [4.69, 9.17) is 4.74 Å². The second-order valence-corrected chi connectivity index (χ2v) is 7.94. The molecule has 2 saturated carbocycles. The van der Waals surface area contributed by atoms with Gasteiger partial charge >= 0.3 is 0 Å². The minimum Gasteiger partial charge on any atom is -0.376 e. The molecule has 0 radical (unpaired) electrons. The second kappa shape index (κ2) is 8.87. The summed E-state index contributed by atoms with van der Waals surface area (Å²) in [5.74, 6) is 0.332. The Bertz CT molecular complexity index is 649. The quantitative estimate of drug-likeness (QED) is 0.648. The number of aromatic nitrogens is 2. The molecule has 0 bridgehead atoms. The van der Waals surface area contributed by atoms with Gasteiger partial charge in [0.2, 0.25) is 11.8 Å². The lowest BCUT2D eigenvalue weighted by Gasteiger charge is -2.36. The van der Waals surface area contributed by atoms with E-state index >= 15 is 0 Å². The van der Waals surface area contributed by atoms with E-state index in [0.29, 0.717) is 19.6 Å². The molecule has 7 nitrogen and oxygen atoms in total. The summed E-state index contributed by atoms with van der Waals surface area (Å²) in [5.41, 5.74) is 2.96. The van der Waals surface area contributed by atoms with Crippen LogP contribution in [0.5, 0.6) is 0 Å². The van der Waals surface area contributed by atoms with Gasteiger partial charge in [-0.25, -0.2) is 0 Å². The molecule has 150 valence electrons. The number of carbonyl (C=O) groups excluding carboxylic acids is 2. The highest BCUT2D eigenvalue weighted by Gasteiger charge is 2.38. The van der Waals surface area contributed by atoms with Crippen molar-refractivity contribution >= 4 is 11.8 Å². The normalized spacial score (nSPS) is 25.2. The number of hydrogen-bond donors (Lipinski definition) is 3. The standard InChI is InChI=1S/C20H32N4O3/c1-4-9-27-18-10-15(7-8-17(18)22-20(26)14-5-6-14)19(25)21-11-16-12(2)23-24-13(16)3/h14-15,17-18H,4-11H2,1-3H3,(H,21,25)(H,22,26)(H,23,24)/t15-,17+,18+/m0/s1. The summed E-state index contributed by atoms with van der Waals surface area (Å²) >= 11 is 0. The van der Waals surface area contributed by atoms with Crippen molar-refractivity contribution in [2.45, 2.75) is 78.0 Å². The van der Waals surface area contributed by atoms with Crippen LogP contribution in [0.1, 0.15) is 62.4 Å². The molecule has 1 aromatic heterocycles. The Morgan fingerprint density at radius 2 is 1.89 bits per heavy atom. The molecule has 3 rings (SSSR count). The first-order chi connectivity index (χ1) is 13.0. The Morgan fingerprint density at radius 1 is 1.15 bits per heavy atom. The maximum Gasteiger partial charge on any atom is 0.223 e. The van der Waals surface area contributed by atoms with E-state index in [2.05, 4.69) is 27.8 Å². The third-order valence-electron chi connectivity index (χ3n) is 5.69. The van der Waals surface area contributed by atoms with E-state index in [1.54, 1.807) is 0 Å². The van der Waals surface area contributed by atoms with Crippen LogP contribution in [-0.2, 0) is 20.9 Å². The van der Waals surface area contributed by atoms with Crippen LogP contribution < -0.4 is 10.6 Å². The highest BCUT2D eigenvalue weighted by atomic mass is 16.5. The largest absolute Gasteiger partial charge is 0.376 e. The molecule has 2 aliphatic rings. The maximum absolute atomic E-state index is 12.7. The fraction of sp³-hybridized carbons (Fsp3) is 0.750. The van der Waals surface area contributed by atoms with Crippen LogP contribution >= 0.6 is 0 Å². The van der Waals surface area contributed by atoms with Gasteiger partial charge < -0.3 is 15.4 Å². The van der Waals surface area contributed by atoms with E-state index in [9.17, 15) is 9.59 Å². The van der Waals surface area contributed by atoms with Crippen LogP contribution in [0.4, 0.5) is 0 Å². The third kappa shape index (κ3) is 5.09. The second-order valence-electron chi connectivity index (χ2n) is 7.94. The van der Waals surface area contributed by atoms with Crippen LogP contribution in [0.25, 0.3) is 0 Å². The smallest absolute Gasteiger partial charge is 0.223 e. The summed E-state index contributed by atoms with van der Waals surface area (Å²) in [6.45, 7) is 7.12. The summed E-state index contributed by atoms with van der Waals surface area (Å²) in [4.78, 5) is 24.8. The Balaban J connectivity index is 1.54. The third-order valence-corrected chi connectivity index (χ3v) is 5.69. The highest BCUT2D eigenvalue weighted by Crippen LogP contribution is 2.31. The van der Waals surface area contributed by atoms with E-state index in [0.717, 1.165) is 49.1 Å². The van der Waals surface area contributed by atoms with Crippen LogP contribution in [-0.4, -0.2) is 40.8 Å². The number of nitrogens with zero attached hydrogens (tertiary/aromatic N) is 1. The molecule has 7 heteroatoms. The number of amides is 2. The molecule has 27 heavy (non-hydrogen) atoms. The first kappa shape index (κ1) is 19.9. The molecule has 0 spiro atoms. The summed E-state index contributed by atoms with van der Waals surface area (Å²) in [7, 11) is 0. The zero-order chi connectivity index (χ0) is 19.4. The molecule has 0 unspecified atom stereocenters. The number of rotatable bonds is 8. The van der Waals surface area contributed by atoms with Gasteiger partial charge in [-0.05, 0) is 52.4 Å². The lowest BCUT2D eigenvalue weighted by molar-refractivity contribution is -0.130. The molecule has 1 heterocycles. The zero-order valence-corrected chi connectivity index (χ0v) is 16.6. The monoisotopic (exact) mass is 376 g/mol. The van der Waals surface area contributed by atoms with Crippen molar-refractivity contribution in [2.24, 2.45) is 11.8 Å². The number of aryl methyl sites for hydroxylation is 2. The SMILES string of the molecule is CCCO[C@@H]1C[C@@H](C(=O)NCc2c(C)n[nH]c2C)CC[C@H]1NC(=O)C1CC1. The summed E-state index contributed by atoms with van der Waals surface area (Å²) in [5, 5.41) is 13.3. The molecule has 3 atom stereocenters.